The van der Waals surface area contributed by atoms with Gasteiger partial charge in [-0.25, -0.2) is 0 Å². The molecule has 20 heavy (non-hydrogen) atoms. The van der Waals surface area contributed by atoms with E-state index >= 15 is 0 Å². The van der Waals surface area contributed by atoms with Crippen LogP contribution in [0.1, 0.15) is 29.1 Å². The number of hydrogen-bond acceptors (Lipinski definition) is 6. The van der Waals surface area contributed by atoms with Crippen LogP contribution >= 0.6 is 0 Å². The van der Waals surface area contributed by atoms with Gasteiger partial charge < -0.3 is 25.7 Å². The van der Waals surface area contributed by atoms with E-state index in [1.807, 2.05) is 7.05 Å². The highest BCUT2D eigenvalue weighted by Gasteiger charge is 2.40. The Morgan fingerprint density at radius 2 is 2.25 bits per heavy atom. The van der Waals surface area contributed by atoms with Gasteiger partial charge in [-0.1, -0.05) is 10.3 Å². The maximum absolute atomic E-state index is 12.2. The fourth-order valence-electron chi connectivity index (χ4n) is 2.29. The number of amidine groups is 1. The van der Waals surface area contributed by atoms with E-state index in [1.54, 1.807) is 13.0 Å². The maximum Gasteiger partial charge on any atom is 0.290 e. The van der Waals surface area contributed by atoms with E-state index in [-0.39, 0.29) is 11.6 Å². The summed E-state index contributed by atoms with van der Waals surface area (Å²) in [6.07, 6.45) is 1.14. The van der Waals surface area contributed by atoms with Gasteiger partial charge in [0, 0.05) is 19.2 Å². The van der Waals surface area contributed by atoms with Crippen molar-refractivity contribution in [3.8, 4) is 0 Å². The second-order valence-electron chi connectivity index (χ2n) is 5.16. The minimum absolute atomic E-state index is 0.00943. The molecule has 2 rings (SSSR count). The predicted molar refractivity (Wildman–Crippen MR) is 71.6 cm³/mol. The third-order valence-corrected chi connectivity index (χ3v) is 3.64. The second kappa shape index (κ2) is 5.49. The van der Waals surface area contributed by atoms with Crippen molar-refractivity contribution in [3.63, 3.8) is 0 Å². The smallest absolute Gasteiger partial charge is 0.290 e. The number of aromatic nitrogens is 1. The number of aryl methyl sites for hydroxylation is 1. The largest absolute Gasteiger partial charge is 0.409 e. The number of hydrogen-bond donors (Lipinski definition) is 3. The Hall–Kier alpha value is -2.09. The lowest BCUT2D eigenvalue weighted by atomic mass is 9.86. The summed E-state index contributed by atoms with van der Waals surface area (Å²) >= 11 is 0. The minimum atomic E-state index is -0.848. The lowest BCUT2D eigenvalue weighted by Crippen LogP contribution is -2.62. The van der Waals surface area contributed by atoms with Crippen molar-refractivity contribution in [2.45, 2.75) is 25.3 Å². The summed E-state index contributed by atoms with van der Waals surface area (Å²) < 4.78 is 4.93. The quantitative estimate of drug-likeness (QED) is 0.309. The van der Waals surface area contributed by atoms with Gasteiger partial charge in [-0.15, -0.1) is 0 Å². The van der Waals surface area contributed by atoms with Gasteiger partial charge in [0.15, 0.2) is 5.84 Å². The second-order valence-corrected chi connectivity index (χ2v) is 5.16. The zero-order valence-electron chi connectivity index (χ0n) is 11.6. The molecule has 1 aliphatic heterocycles. The van der Waals surface area contributed by atoms with Crippen LogP contribution in [0.5, 0.6) is 0 Å². The first-order chi connectivity index (χ1) is 9.47. The summed E-state index contributed by atoms with van der Waals surface area (Å²) in [6.45, 7) is 3.22. The van der Waals surface area contributed by atoms with Crippen LogP contribution in [0.15, 0.2) is 15.7 Å². The third kappa shape index (κ3) is 2.74. The Bertz CT molecular complexity index is 517. The monoisotopic (exact) mass is 281 g/mol. The number of amides is 1. The molecule has 0 bridgehead atoms. The Kier molecular flexibility index (Phi) is 3.93. The summed E-state index contributed by atoms with van der Waals surface area (Å²) in [5.74, 6) is -0.288. The van der Waals surface area contributed by atoms with Crippen molar-refractivity contribution in [2.75, 3.05) is 20.1 Å². The molecule has 1 aromatic heterocycles. The van der Waals surface area contributed by atoms with E-state index in [4.69, 9.17) is 15.5 Å². The first kappa shape index (κ1) is 14.3. The van der Waals surface area contributed by atoms with Gasteiger partial charge in [0.05, 0.1) is 5.69 Å². The molecular weight excluding hydrogens is 262 g/mol. The number of carbonyl (C=O) groups excluding carboxylic acids is 1. The molecule has 1 aromatic rings. The zero-order valence-corrected chi connectivity index (χ0v) is 11.6. The Morgan fingerprint density at radius 1 is 1.60 bits per heavy atom. The van der Waals surface area contributed by atoms with Crippen LogP contribution in [-0.2, 0) is 0 Å². The van der Waals surface area contributed by atoms with Gasteiger partial charge in [0.2, 0.25) is 5.76 Å². The average Bonchev–Trinajstić information content (AvgIpc) is 2.87. The zero-order chi connectivity index (χ0) is 14.8. The molecule has 0 radical (unpaired) electrons. The molecule has 1 saturated heterocycles. The van der Waals surface area contributed by atoms with E-state index in [9.17, 15) is 4.79 Å². The number of nitrogens with zero attached hydrogens (tertiary/aromatic N) is 3. The molecule has 0 spiro atoms. The molecule has 1 amide bonds. The highest BCUT2D eigenvalue weighted by molar-refractivity contribution is 5.98. The summed E-state index contributed by atoms with van der Waals surface area (Å²) in [5, 5.41) is 18.5. The van der Waals surface area contributed by atoms with Crippen LogP contribution in [0.2, 0.25) is 0 Å². The molecule has 0 atom stereocenters. The first-order valence-corrected chi connectivity index (χ1v) is 6.39. The molecule has 110 valence electrons. The molecule has 0 aromatic carbocycles. The van der Waals surface area contributed by atoms with Crippen molar-refractivity contribution < 1.29 is 14.5 Å². The molecule has 8 heteroatoms. The van der Waals surface area contributed by atoms with Crippen molar-refractivity contribution in [1.29, 1.82) is 0 Å². The molecule has 1 aliphatic rings. The summed E-state index contributed by atoms with van der Waals surface area (Å²) in [7, 11) is 1.98. The molecular formula is C12H19N5O3. The fraction of sp³-hybridized carbons (Fsp3) is 0.583. The maximum atomic E-state index is 12.2. The average molecular weight is 281 g/mol. The summed E-state index contributed by atoms with van der Waals surface area (Å²) in [4.78, 5) is 14.3. The predicted octanol–water partition coefficient (Wildman–Crippen LogP) is -0.0764. The molecule has 2 heterocycles. The molecule has 0 unspecified atom stereocenters. The van der Waals surface area contributed by atoms with Gasteiger partial charge >= 0.3 is 0 Å². The van der Waals surface area contributed by atoms with Crippen LogP contribution in [0.4, 0.5) is 0 Å². The van der Waals surface area contributed by atoms with E-state index < -0.39 is 11.4 Å². The standard InChI is InChI=1S/C12H19N5O3/c1-8-7-9(20-16-8)10(18)14-12(11(13)15-19)3-5-17(2)6-4-12/h7,19H,3-6H2,1-2H3,(H2,13,15)(H,14,18). The highest BCUT2D eigenvalue weighted by Crippen LogP contribution is 2.22. The number of rotatable bonds is 3. The SMILES string of the molecule is Cc1cc(C(=O)NC2(C(N)=NO)CCN(C)CC2)on1. The number of carbonyl (C=O) groups is 1. The van der Waals surface area contributed by atoms with Crippen LogP contribution in [-0.4, -0.2) is 52.7 Å². The van der Waals surface area contributed by atoms with E-state index in [1.165, 1.54) is 0 Å². The van der Waals surface area contributed by atoms with Gasteiger partial charge in [-0.05, 0) is 26.8 Å². The number of nitrogens with two attached hydrogens (primary N) is 1. The van der Waals surface area contributed by atoms with Crippen LogP contribution in [0, 0.1) is 6.92 Å². The van der Waals surface area contributed by atoms with E-state index in [0.717, 1.165) is 13.1 Å². The van der Waals surface area contributed by atoms with Gasteiger partial charge in [0.25, 0.3) is 5.91 Å². The van der Waals surface area contributed by atoms with Crippen molar-refractivity contribution in [1.82, 2.24) is 15.4 Å². The number of oxime groups is 1. The Balaban J connectivity index is 2.18. The third-order valence-electron chi connectivity index (χ3n) is 3.64. The van der Waals surface area contributed by atoms with Gasteiger partial charge in [0.1, 0.15) is 5.54 Å². The lowest BCUT2D eigenvalue weighted by Gasteiger charge is -2.39. The van der Waals surface area contributed by atoms with Crippen molar-refractivity contribution in [3.05, 3.63) is 17.5 Å². The first-order valence-electron chi connectivity index (χ1n) is 6.39. The fourth-order valence-corrected chi connectivity index (χ4v) is 2.29. The normalized spacial score (nSPS) is 19.8. The van der Waals surface area contributed by atoms with E-state index in [0.29, 0.717) is 18.5 Å². The number of nitrogens with one attached hydrogen (secondary N) is 1. The minimum Gasteiger partial charge on any atom is -0.409 e. The highest BCUT2D eigenvalue weighted by atomic mass is 16.5. The number of piperidine rings is 1. The van der Waals surface area contributed by atoms with Crippen molar-refractivity contribution in [2.24, 2.45) is 10.9 Å². The molecule has 1 fully saturated rings. The van der Waals surface area contributed by atoms with Gasteiger partial charge in [-0.2, -0.15) is 0 Å². The molecule has 0 aliphatic carbocycles. The van der Waals surface area contributed by atoms with Gasteiger partial charge in [-0.3, -0.25) is 4.79 Å². The topological polar surface area (TPSA) is 117 Å². The van der Waals surface area contributed by atoms with Crippen molar-refractivity contribution >= 4 is 11.7 Å². The van der Waals surface area contributed by atoms with Crippen LogP contribution < -0.4 is 11.1 Å². The van der Waals surface area contributed by atoms with Crippen LogP contribution in [0.3, 0.4) is 0 Å². The molecule has 0 saturated carbocycles. The Labute approximate surface area is 116 Å². The lowest BCUT2D eigenvalue weighted by molar-refractivity contribution is 0.0849. The van der Waals surface area contributed by atoms with E-state index in [2.05, 4.69) is 20.5 Å². The summed E-state index contributed by atoms with van der Waals surface area (Å²) in [6, 6.07) is 1.55. The molecule has 8 nitrogen and oxygen atoms in total. The number of likely N-dealkylation sites (tertiary alicyclic amines) is 1. The summed E-state index contributed by atoms with van der Waals surface area (Å²) in [5.41, 5.74) is 5.55. The molecule has 4 N–H and O–H groups in total. The van der Waals surface area contributed by atoms with Crippen LogP contribution in [0.25, 0.3) is 0 Å². The Morgan fingerprint density at radius 3 is 2.75 bits per heavy atom.